The van der Waals surface area contributed by atoms with E-state index in [-0.39, 0.29) is 11.5 Å². The molecule has 8 rings (SSSR count). The molecule has 1 aliphatic heterocycles. The lowest BCUT2D eigenvalue weighted by Crippen LogP contribution is -2.33. The van der Waals surface area contributed by atoms with Gasteiger partial charge >= 0.3 is 0 Å². The molecule has 0 N–H and O–H groups in total. The number of hydrogen-bond acceptors (Lipinski definition) is 4. The zero-order chi connectivity index (χ0) is 26.8. The van der Waals surface area contributed by atoms with Crippen molar-refractivity contribution < 1.29 is 0 Å². The predicted octanol–water partition coefficient (Wildman–Crippen LogP) is 8.08. The van der Waals surface area contributed by atoms with Crippen molar-refractivity contribution in [1.82, 2.24) is 15.0 Å². The van der Waals surface area contributed by atoms with E-state index in [1.54, 1.807) is 0 Å². The summed E-state index contributed by atoms with van der Waals surface area (Å²) in [6, 6.07) is 23.8. The van der Waals surface area contributed by atoms with Crippen LogP contribution in [0.4, 0.5) is 0 Å². The minimum absolute atomic E-state index is 0.227. The van der Waals surface area contributed by atoms with Crippen molar-refractivity contribution in [3.8, 4) is 11.3 Å². The first-order valence-corrected chi connectivity index (χ1v) is 14.0. The second kappa shape index (κ2) is 8.65. The monoisotopic (exact) mass is 516 g/mol. The molecule has 0 fully saturated rings. The number of benzene rings is 2. The van der Waals surface area contributed by atoms with Crippen LogP contribution >= 0.6 is 0 Å². The molecule has 5 aromatic rings. The van der Waals surface area contributed by atoms with E-state index >= 15 is 0 Å². The van der Waals surface area contributed by atoms with Gasteiger partial charge in [-0.3, -0.25) is 9.98 Å². The number of nitrogens with zero attached hydrogens (tertiary/aromatic N) is 4. The zero-order valence-electron chi connectivity index (χ0n) is 22.5. The van der Waals surface area contributed by atoms with Crippen LogP contribution in [0, 0.1) is 11.8 Å². The first kappa shape index (κ1) is 23.2. The summed E-state index contributed by atoms with van der Waals surface area (Å²) in [5.74, 6) is 0.596. The smallest absolute Gasteiger partial charge is 0.110 e. The number of aliphatic imine (C=N–C) groups is 1. The fraction of sp³-hybridized carbons (Fsp3) is 0.167. The lowest BCUT2D eigenvalue weighted by Gasteiger charge is -2.36. The molecule has 3 aliphatic rings. The molecule has 0 saturated heterocycles. The number of allylic oxidation sites excluding steroid dienone is 2. The number of aromatic nitrogens is 3. The van der Waals surface area contributed by atoms with Crippen LogP contribution in [0.15, 0.2) is 96.1 Å². The quantitative estimate of drug-likeness (QED) is 0.223. The fourth-order valence-corrected chi connectivity index (χ4v) is 6.52. The lowest BCUT2D eigenvalue weighted by atomic mass is 9.76. The van der Waals surface area contributed by atoms with E-state index in [9.17, 15) is 0 Å². The Morgan fingerprint density at radius 3 is 2.60 bits per heavy atom. The summed E-state index contributed by atoms with van der Waals surface area (Å²) in [5.41, 5.74) is 10.7. The number of fused-ring (bicyclic) bond motifs is 7. The minimum Gasteiger partial charge on any atom is -0.279 e. The Balaban J connectivity index is 1.21. The third-order valence-corrected chi connectivity index (χ3v) is 8.82. The Bertz CT molecular complexity index is 1980. The summed E-state index contributed by atoms with van der Waals surface area (Å²) in [6.07, 6.45) is 15.7. The highest BCUT2D eigenvalue weighted by molar-refractivity contribution is 6.03. The van der Waals surface area contributed by atoms with Crippen LogP contribution in [-0.2, 0) is 12.0 Å². The molecule has 0 amide bonds. The van der Waals surface area contributed by atoms with Crippen molar-refractivity contribution >= 4 is 45.7 Å². The molecule has 2 aliphatic carbocycles. The Morgan fingerprint density at radius 1 is 0.825 bits per heavy atom. The van der Waals surface area contributed by atoms with E-state index in [2.05, 4.69) is 104 Å². The summed E-state index contributed by atoms with van der Waals surface area (Å²) in [6.45, 7) is 4.49. The highest BCUT2D eigenvalue weighted by Gasteiger charge is 2.39. The van der Waals surface area contributed by atoms with Gasteiger partial charge in [0.1, 0.15) is 5.54 Å². The standard InChI is InChI=1S/C36H28N4/c1-22-19-26-9-10-27(31-15-13-25-11-14-29-6-4-18-38-36(29,2)35(25)40-31)20-28(26)21-30(22)32-16-12-24-8-7-23-5-3-17-37-33(23)34(24)39-32/h3-18,20-22,29H,19H2,1-2H3. The van der Waals surface area contributed by atoms with Crippen LogP contribution in [0.5, 0.6) is 0 Å². The number of hydrogen-bond donors (Lipinski definition) is 0. The van der Waals surface area contributed by atoms with Gasteiger partial charge in [0.25, 0.3) is 0 Å². The van der Waals surface area contributed by atoms with Gasteiger partial charge in [0, 0.05) is 34.7 Å². The van der Waals surface area contributed by atoms with Gasteiger partial charge in [0.05, 0.1) is 28.1 Å². The molecule has 0 saturated carbocycles. The molecule has 40 heavy (non-hydrogen) atoms. The maximum absolute atomic E-state index is 5.20. The van der Waals surface area contributed by atoms with Crippen LogP contribution in [0.1, 0.15) is 41.9 Å². The number of pyridine rings is 3. The first-order chi connectivity index (χ1) is 19.6. The lowest BCUT2D eigenvalue weighted by molar-refractivity contribution is 0.404. The molecule has 3 unspecified atom stereocenters. The molecule has 0 spiro atoms. The molecular formula is C36H28N4. The van der Waals surface area contributed by atoms with E-state index in [0.29, 0.717) is 5.92 Å². The fourth-order valence-electron chi connectivity index (χ4n) is 6.52. The van der Waals surface area contributed by atoms with Gasteiger partial charge in [-0.2, -0.15) is 0 Å². The van der Waals surface area contributed by atoms with E-state index in [1.165, 1.54) is 16.7 Å². The average molecular weight is 517 g/mol. The SMILES string of the molecule is CC1Cc2ccc(-c3ccc4c(n3)C3(C)N=CC=CC3C=C4)cc2C=C1c1ccc2ccc3cccnc3c2n1. The van der Waals surface area contributed by atoms with Crippen molar-refractivity contribution in [3.63, 3.8) is 0 Å². The number of rotatable bonds is 2. The van der Waals surface area contributed by atoms with Crippen molar-refractivity contribution in [1.29, 1.82) is 0 Å². The van der Waals surface area contributed by atoms with E-state index in [0.717, 1.165) is 56.4 Å². The molecule has 4 heteroatoms. The average Bonchev–Trinajstić information content (AvgIpc) is 3.00. The molecular weight excluding hydrogens is 488 g/mol. The van der Waals surface area contributed by atoms with Crippen LogP contribution in [0.2, 0.25) is 0 Å². The largest absolute Gasteiger partial charge is 0.279 e. The van der Waals surface area contributed by atoms with Gasteiger partial charge in [-0.15, -0.1) is 0 Å². The van der Waals surface area contributed by atoms with E-state index < -0.39 is 0 Å². The maximum Gasteiger partial charge on any atom is 0.110 e. The Morgan fingerprint density at radius 2 is 1.68 bits per heavy atom. The van der Waals surface area contributed by atoms with Crippen molar-refractivity contribution in [2.45, 2.75) is 25.8 Å². The molecule has 4 heterocycles. The Hall–Kier alpha value is -4.70. The summed E-state index contributed by atoms with van der Waals surface area (Å²) in [5, 5.41) is 2.23. The highest BCUT2D eigenvalue weighted by Crippen LogP contribution is 2.43. The molecule has 192 valence electrons. The van der Waals surface area contributed by atoms with Crippen LogP contribution in [-0.4, -0.2) is 21.2 Å². The van der Waals surface area contributed by atoms with Gasteiger partial charge < -0.3 is 0 Å². The normalized spacial score (nSPS) is 22.6. The summed E-state index contributed by atoms with van der Waals surface area (Å²) in [7, 11) is 0. The van der Waals surface area contributed by atoms with Gasteiger partial charge in [0.15, 0.2) is 0 Å². The van der Waals surface area contributed by atoms with E-state index in [1.807, 2.05) is 24.6 Å². The second-order valence-electron chi connectivity index (χ2n) is 11.4. The van der Waals surface area contributed by atoms with Crippen LogP contribution in [0.25, 0.3) is 50.8 Å². The predicted molar refractivity (Wildman–Crippen MR) is 165 cm³/mol. The molecule has 3 aromatic heterocycles. The van der Waals surface area contributed by atoms with Gasteiger partial charge in [-0.1, -0.05) is 67.6 Å². The zero-order valence-corrected chi connectivity index (χ0v) is 22.5. The van der Waals surface area contributed by atoms with Crippen molar-refractivity contribution in [2.75, 3.05) is 0 Å². The third-order valence-electron chi connectivity index (χ3n) is 8.82. The van der Waals surface area contributed by atoms with Gasteiger partial charge in [-0.05, 0) is 77.9 Å². The van der Waals surface area contributed by atoms with Gasteiger partial charge in [-0.25, -0.2) is 9.97 Å². The van der Waals surface area contributed by atoms with Crippen molar-refractivity contribution in [3.05, 3.63) is 119 Å². The minimum atomic E-state index is -0.369. The molecule has 0 bridgehead atoms. The summed E-state index contributed by atoms with van der Waals surface area (Å²) in [4.78, 5) is 19.9. The molecule has 4 nitrogen and oxygen atoms in total. The highest BCUT2D eigenvalue weighted by atomic mass is 14.9. The summed E-state index contributed by atoms with van der Waals surface area (Å²) < 4.78 is 0. The Labute approximate surface area is 233 Å². The molecule has 0 radical (unpaired) electrons. The van der Waals surface area contributed by atoms with E-state index in [4.69, 9.17) is 15.0 Å². The second-order valence-corrected chi connectivity index (χ2v) is 11.4. The topological polar surface area (TPSA) is 51.0 Å². The third kappa shape index (κ3) is 3.52. The molecule has 3 atom stereocenters. The first-order valence-electron chi connectivity index (χ1n) is 14.0. The van der Waals surface area contributed by atoms with Crippen molar-refractivity contribution in [2.24, 2.45) is 16.8 Å². The Kier molecular flexibility index (Phi) is 5.02. The van der Waals surface area contributed by atoms with Crippen LogP contribution in [0.3, 0.4) is 0 Å². The summed E-state index contributed by atoms with van der Waals surface area (Å²) >= 11 is 0. The number of dihydropyridines is 1. The van der Waals surface area contributed by atoms with Gasteiger partial charge in [0.2, 0.25) is 0 Å². The molecule has 2 aromatic carbocycles. The maximum atomic E-state index is 5.20. The van der Waals surface area contributed by atoms with Crippen LogP contribution < -0.4 is 0 Å².